The van der Waals surface area contributed by atoms with Crippen molar-refractivity contribution in [3.63, 3.8) is 0 Å². The van der Waals surface area contributed by atoms with Gasteiger partial charge in [0, 0.05) is 5.57 Å². The number of allylic oxidation sites excluding steroid dienone is 3. The largest absolute Gasteiger partial charge is 0.463 e. The van der Waals surface area contributed by atoms with E-state index in [4.69, 9.17) is 4.42 Å². The highest BCUT2D eigenvalue weighted by atomic mass is 16.5. The molecule has 1 aromatic rings. The Kier molecular flexibility index (Phi) is 3.47. The summed E-state index contributed by atoms with van der Waals surface area (Å²) in [6, 6.07) is 2.50. The molecule has 1 aliphatic rings. The van der Waals surface area contributed by atoms with Gasteiger partial charge in [0.1, 0.15) is 0 Å². The SMILES string of the molecule is C=C1CC=C(C(=O)c2ccc(C(=O)OC)o2)C(=O)C1=O. The third-order valence-electron chi connectivity index (χ3n) is 2.79. The Labute approximate surface area is 113 Å². The van der Waals surface area contributed by atoms with Crippen LogP contribution in [0.25, 0.3) is 0 Å². The van der Waals surface area contributed by atoms with Crippen molar-refractivity contribution in [2.75, 3.05) is 7.11 Å². The highest BCUT2D eigenvalue weighted by molar-refractivity contribution is 6.55. The topological polar surface area (TPSA) is 90.7 Å². The van der Waals surface area contributed by atoms with Gasteiger partial charge >= 0.3 is 5.97 Å². The van der Waals surface area contributed by atoms with Crippen molar-refractivity contribution in [3.05, 3.63) is 47.5 Å². The molecule has 0 saturated heterocycles. The monoisotopic (exact) mass is 274 g/mol. The van der Waals surface area contributed by atoms with Crippen molar-refractivity contribution < 1.29 is 28.3 Å². The zero-order valence-electron chi connectivity index (χ0n) is 10.6. The maximum absolute atomic E-state index is 12.1. The average molecular weight is 274 g/mol. The smallest absolute Gasteiger partial charge is 0.373 e. The molecule has 0 atom stereocenters. The van der Waals surface area contributed by atoms with E-state index >= 15 is 0 Å². The molecule has 0 aliphatic heterocycles. The first-order valence-electron chi connectivity index (χ1n) is 5.65. The lowest BCUT2D eigenvalue weighted by atomic mass is 9.90. The molecule has 1 aliphatic carbocycles. The molecule has 0 unspecified atom stereocenters. The third-order valence-corrected chi connectivity index (χ3v) is 2.79. The Morgan fingerprint density at radius 2 is 1.85 bits per heavy atom. The fourth-order valence-corrected chi connectivity index (χ4v) is 1.69. The second-order valence-electron chi connectivity index (χ2n) is 4.07. The van der Waals surface area contributed by atoms with Crippen LogP contribution in [0.15, 0.2) is 40.4 Å². The second kappa shape index (κ2) is 5.08. The lowest BCUT2D eigenvalue weighted by Crippen LogP contribution is -2.26. The molecule has 20 heavy (non-hydrogen) atoms. The molecule has 0 bridgehead atoms. The van der Waals surface area contributed by atoms with E-state index in [0.29, 0.717) is 0 Å². The van der Waals surface area contributed by atoms with Crippen LogP contribution in [0, 0.1) is 0 Å². The highest BCUT2D eigenvalue weighted by Gasteiger charge is 2.32. The number of carbonyl (C=O) groups excluding carboxylic acids is 4. The highest BCUT2D eigenvalue weighted by Crippen LogP contribution is 2.20. The molecule has 0 radical (unpaired) electrons. The molecule has 0 aromatic carbocycles. The summed E-state index contributed by atoms with van der Waals surface area (Å²) in [6.07, 6.45) is 1.46. The minimum atomic E-state index is -0.915. The number of furan rings is 1. The predicted octanol–water partition coefficient (Wildman–Crippen LogP) is 1.27. The quantitative estimate of drug-likeness (QED) is 0.271. The van der Waals surface area contributed by atoms with E-state index in [-0.39, 0.29) is 29.1 Å². The maximum atomic E-state index is 12.1. The van der Waals surface area contributed by atoms with E-state index in [0.717, 1.165) is 0 Å². The second-order valence-corrected chi connectivity index (χ2v) is 4.07. The van der Waals surface area contributed by atoms with Crippen LogP contribution in [0.1, 0.15) is 27.5 Å². The van der Waals surface area contributed by atoms with Gasteiger partial charge in [-0.3, -0.25) is 14.4 Å². The normalized spacial score (nSPS) is 15.1. The van der Waals surface area contributed by atoms with Crippen LogP contribution in [-0.4, -0.2) is 30.4 Å². The van der Waals surface area contributed by atoms with Gasteiger partial charge in [0.15, 0.2) is 5.76 Å². The summed E-state index contributed by atoms with van der Waals surface area (Å²) in [5.41, 5.74) is -0.130. The van der Waals surface area contributed by atoms with Crippen molar-refractivity contribution in [1.29, 1.82) is 0 Å². The van der Waals surface area contributed by atoms with E-state index in [1.54, 1.807) is 0 Å². The summed E-state index contributed by atoms with van der Waals surface area (Å²) in [7, 11) is 1.17. The van der Waals surface area contributed by atoms with Gasteiger partial charge in [-0.2, -0.15) is 0 Å². The molecule has 6 nitrogen and oxygen atoms in total. The van der Waals surface area contributed by atoms with Gasteiger partial charge in [0.25, 0.3) is 0 Å². The van der Waals surface area contributed by atoms with Crippen molar-refractivity contribution >= 4 is 23.3 Å². The molecule has 0 amide bonds. The number of rotatable bonds is 3. The summed E-state index contributed by atoms with van der Waals surface area (Å²) < 4.78 is 9.45. The minimum Gasteiger partial charge on any atom is -0.463 e. The first-order valence-corrected chi connectivity index (χ1v) is 5.65. The molecule has 0 fully saturated rings. The Bertz CT molecular complexity index is 674. The van der Waals surface area contributed by atoms with Gasteiger partial charge in [-0.25, -0.2) is 4.79 Å². The van der Waals surface area contributed by atoms with Gasteiger partial charge in [-0.1, -0.05) is 12.7 Å². The van der Waals surface area contributed by atoms with E-state index in [1.807, 2.05) is 0 Å². The molecule has 0 saturated carbocycles. The van der Waals surface area contributed by atoms with Crippen LogP contribution in [0.5, 0.6) is 0 Å². The van der Waals surface area contributed by atoms with Gasteiger partial charge in [-0.05, 0) is 18.6 Å². The number of carbonyl (C=O) groups is 4. The van der Waals surface area contributed by atoms with Crippen LogP contribution in [0.2, 0.25) is 0 Å². The zero-order valence-corrected chi connectivity index (χ0v) is 10.6. The molecular formula is C14H10O6. The van der Waals surface area contributed by atoms with Gasteiger partial charge in [-0.15, -0.1) is 0 Å². The number of esters is 1. The van der Waals surface area contributed by atoms with Crippen molar-refractivity contribution in [1.82, 2.24) is 0 Å². The number of ether oxygens (including phenoxy) is 1. The first-order chi connectivity index (χ1) is 9.45. The summed E-state index contributed by atoms with van der Waals surface area (Å²) in [4.78, 5) is 46.5. The molecule has 102 valence electrons. The van der Waals surface area contributed by atoms with Crippen LogP contribution >= 0.6 is 0 Å². The molecule has 6 heteroatoms. The summed E-state index contributed by atoms with van der Waals surface area (Å²) in [6.45, 7) is 3.44. The Balaban J connectivity index is 2.30. The van der Waals surface area contributed by atoms with E-state index in [2.05, 4.69) is 11.3 Å². The van der Waals surface area contributed by atoms with Crippen molar-refractivity contribution in [2.24, 2.45) is 0 Å². The first kappa shape index (κ1) is 13.7. The Morgan fingerprint density at radius 1 is 1.20 bits per heavy atom. The fourth-order valence-electron chi connectivity index (χ4n) is 1.69. The Morgan fingerprint density at radius 3 is 2.50 bits per heavy atom. The number of methoxy groups -OCH3 is 1. The van der Waals surface area contributed by atoms with Crippen LogP contribution in [-0.2, 0) is 14.3 Å². The van der Waals surface area contributed by atoms with Gasteiger partial charge in [0.2, 0.25) is 23.1 Å². The lowest BCUT2D eigenvalue weighted by molar-refractivity contribution is -0.132. The molecular weight excluding hydrogens is 264 g/mol. The maximum Gasteiger partial charge on any atom is 0.373 e. The van der Waals surface area contributed by atoms with E-state index in [9.17, 15) is 19.2 Å². The fraction of sp³-hybridized carbons (Fsp3) is 0.143. The molecule has 0 N–H and O–H groups in total. The van der Waals surface area contributed by atoms with Gasteiger partial charge in [0.05, 0.1) is 12.7 Å². The Hall–Kier alpha value is -2.76. The summed E-state index contributed by atoms with van der Waals surface area (Å²) in [5, 5.41) is 0. The molecule has 1 aromatic heterocycles. The van der Waals surface area contributed by atoms with Crippen LogP contribution < -0.4 is 0 Å². The van der Waals surface area contributed by atoms with Crippen LogP contribution in [0.4, 0.5) is 0 Å². The van der Waals surface area contributed by atoms with Gasteiger partial charge < -0.3 is 9.15 Å². The summed E-state index contributed by atoms with van der Waals surface area (Å²) in [5.74, 6) is -3.54. The van der Waals surface area contributed by atoms with E-state index < -0.39 is 23.3 Å². The summed E-state index contributed by atoms with van der Waals surface area (Å²) >= 11 is 0. The standard InChI is InChI=1S/C14H10O6/c1-7-3-4-8(13(17)11(7)15)12(16)9-5-6-10(20-9)14(18)19-2/h4-6H,1,3H2,2H3. The lowest BCUT2D eigenvalue weighted by Gasteiger charge is -2.10. The number of hydrogen-bond acceptors (Lipinski definition) is 6. The zero-order chi connectivity index (χ0) is 14.9. The van der Waals surface area contributed by atoms with Crippen LogP contribution in [0.3, 0.4) is 0 Å². The number of Topliss-reactive ketones (excluding diaryl/α,β-unsaturated/α-hetero) is 3. The molecule has 0 spiro atoms. The molecule has 2 rings (SSSR count). The minimum absolute atomic E-state index is 0.135. The number of ketones is 3. The average Bonchev–Trinajstić information content (AvgIpc) is 2.93. The third kappa shape index (κ3) is 2.23. The van der Waals surface area contributed by atoms with Crippen molar-refractivity contribution in [3.8, 4) is 0 Å². The molecule has 1 heterocycles. The predicted molar refractivity (Wildman–Crippen MR) is 66.2 cm³/mol. The number of hydrogen-bond donors (Lipinski definition) is 0. The van der Waals surface area contributed by atoms with E-state index in [1.165, 1.54) is 25.3 Å². The van der Waals surface area contributed by atoms with Crippen molar-refractivity contribution in [2.45, 2.75) is 6.42 Å².